The summed E-state index contributed by atoms with van der Waals surface area (Å²) in [6, 6.07) is 0.787. The molecule has 0 saturated carbocycles. The summed E-state index contributed by atoms with van der Waals surface area (Å²) in [7, 11) is 0. The molecule has 1 aliphatic heterocycles. The van der Waals surface area contributed by atoms with Crippen molar-refractivity contribution in [1.82, 2.24) is 10.2 Å². The molecule has 14 heavy (non-hydrogen) atoms. The molecule has 0 radical (unpaired) electrons. The molecular weight excluding hydrogens is 172 g/mol. The topological polar surface area (TPSA) is 15.3 Å². The van der Waals surface area contributed by atoms with E-state index in [1.165, 1.54) is 45.4 Å². The van der Waals surface area contributed by atoms with Crippen molar-refractivity contribution in [2.24, 2.45) is 5.92 Å². The van der Waals surface area contributed by atoms with Crippen LogP contribution in [0.5, 0.6) is 0 Å². The molecule has 0 spiro atoms. The lowest BCUT2D eigenvalue weighted by Crippen LogP contribution is -2.51. The van der Waals surface area contributed by atoms with Gasteiger partial charge in [-0.2, -0.15) is 0 Å². The van der Waals surface area contributed by atoms with Crippen molar-refractivity contribution in [3.63, 3.8) is 0 Å². The molecule has 0 aromatic carbocycles. The minimum Gasteiger partial charge on any atom is -0.314 e. The average molecular weight is 198 g/mol. The number of nitrogens with one attached hydrogen (secondary N) is 1. The maximum absolute atomic E-state index is 3.50. The van der Waals surface area contributed by atoms with E-state index in [0.717, 1.165) is 12.0 Å². The Kier molecular flexibility index (Phi) is 5.49. The van der Waals surface area contributed by atoms with E-state index in [0.29, 0.717) is 0 Å². The Morgan fingerprint density at radius 1 is 1.43 bits per heavy atom. The van der Waals surface area contributed by atoms with Gasteiger partial charge in [0, 0.05) is 25.7 Å². The maximum Gasteiger partial charge on any atom is 0.0223 e. The summed E-state index contributed by atoms with van der Waals surface area (Å²) in [6.07, 6.45) is 4.02. The van der Waals surface area contributed by atoms with Crippen LogP contribution in [-0.4, -0.2) is 37.1 Å². The number of hydrogen-bond donors (Lipinski definition) is 1. The Bertz CT molecular complexity index is 145. The smallest absolute Gasteiger partial charge is 0.0223 e. The molecule has 1 rings (SSSR count). The Balaban J connectivity index is 2.33. The third kappa shape index (κ3) is 3.97. The van der Waals surface area contributed by atoms with E-state index < -0.39 is 0 Å². The highest BCUT2D eigenvalue weighted by molar-refractivity contribution is 4.80. The Hall–Kier alpha value is -0.0800. The van der Waals surface area contributed by atoms with Crippen LogP contribution < -0.4 is 5.32 Å². The highest BCUT2D eigenvalue weighted by Crippen LogP contribution is 2.13. The van der Waals surface area contributed by atoms with E-state index in [2.05, 4.69) is 31.0 Å². The number of nitrogens with zero attached hydrogens (tertiary/aromatic N) is 1. The van der Waals surface area contributed by atoms with E-state index in [-0.39, 0.29) is 0 Å². The molecule has 1 fully saturated rings. The van der Waals surface area contributed by atoms with Crippen LogP contribution in [0.2, 0.25) is 0 Å². The van der Waals surface area contributed by atoms with Gasteiger partial charge in [-0.05, 0) is 25.3 Å². The van der Waals surface area contributed by atoms with Gasteiger partial charge in [-0.15, -0.1) is 0 Å². The van der Waals surface area contributed by atoms with Crippen molar-refractivity contribution in [3.05, 3.63) is 0 Å². The molecule has 1 heterocycles. The molecule has 0 aliphatic carbocycles. The molecule has 84 valence electrons. The summed E-state index contributed by atoms with van der Waals surface area (Å²) >= 11 is 0. The fourth-order valence-electron chi connectivity index (χ4n) is 2.24. The summed E-state index contributed by atoms with van der Waals surface area (Å²) < 4.78 is 0. The maximum atomic E-state index is 3.50. The van der Waals surface area contributed by atoms with E-state index in [1.807, 2.05) is 0 Å². The van der Waals surface area contributed by atoms with Crippen molar-refractivity contribution in [2.75, 3.05) is 26.2 Å². The van der Waals surface area contributed by atoms with Gasteiger partial charge in [0.1, 0.15) is 0 Å². The van der Waals surface area contributed by atoms with Gasteiger partial charge >= 0.3 is 0 Å². The number of hydrogen-bond acceptors (Lipinski definition) is 2. The molecule has 0 amide bonds. The highest BCUT2D eigenvalue weighted by atomic mass is 15.2. The van der Waals surface area contributed by atoms with Crippen LogP contribution >= 0.6 is 0 Å². The molecule has 1 unspecified atom stereocenters. The van der Waals surface area contributed by atoms with Gasteiger partial charge in [0.2, 0.25) is 0 Å². The molecule has 1 saturated heterocycles. The quantitative estimate of drug-likeness (QED) is 0.728. The van der Waals surface area contributed by atoms with Crippen molar-refractivity contribution >= 4 is 0 Å². The van der Waals surface area contributed by atoms with E-state index >= 15 is 0 Å². The summed E-state index contributed by atoms with van der Waals surface area (Å²) in [4.78, 5) is 2.68. The number of rotatable bonds is 5. The first-order chi connectivity index (χ1) is 6.74. The van der Waals surface area contributed by atoms with Crippen LogP contribution in [-0.2, 0) is 0 Å². The van der Waals surface area contributed by atoms with Gasteiger partial charge in [-0.1, -0.05) is 27.2 Å². The summed E-state index contributed by atoms with van der Waals surface area (Å²) in [6.45, 7) is 11.9. The monoisotopic (exact) mass is 198 g/mol. The van der Waals surface area contributed by atoms with Gasteiger partial charge in [0.05, 0.1) is 0 Å². The van der Waals surface area contributed by atoms with Gasteiger partial charge in [0.25, 0.3) is 0 Å². The summed E-state index contributed by atoms with van der Waals surface area (Å²) in [5, 5.41) is 3.50. The van der Waals surface area contributed by atoms with Crippen molar-refractivity contribution < 1.29 is 0 Å². The molecule has 0 aromatic heterocycles. The Morgan fingerprint density at radius 3 is 2.86 bits per heavy atom. The van der Waals surface area contributed by atoms with Crippen molar-refractivity contribution in [2.45, 2.75) is 46.1 Å². The van der Waals surface area contributed by atoms with E-state index in [4.69, 9.17) is 0 Å². The first kappa shape index (κ1) is 12.0. The van der Waals surface area contributed by atoms with Crippen LogP contribution in [0.1, 0.15) is 40.0 Å². The van der Waals surface area contributed by atoms with E-state index in [9.17, 15) is 0 Å². The molecule has 2 heteroatoms. The molecule has 0 bridgehead atoms. The third-order valence-corrected chi connectivity index (χ3v) is 3.01. The number of unbranched alkanes of at least 4 members (excludes halogenated alkanes) is 1. The molecule has 1 N–H and O–H groups in total. The first-order valence-electron chi connectivity index (χ1n) is 6.18. The zero-order chi connectivity index (χ0) is 10.4. The second-order valence-electron chi connectivity index (χ2n) is 4.88. The minimum atomic E-state index is 0.787. The largest absolute Gasteiger partial charge is 0.314 e. The molecule has 1 atom stereocenters. The van der Waals surface area contributed by atoms with Gasteiger partial charge in [-0.25, -0.2) is 0 Å². The van der Waals surface area contributed by atoms with E-state index in [1.54, 1.807) is 0 Å². The zero-order valence-corrected chi connectivity index (χ0v) is 10.1. The van der Waals surface area contributed by atoms with Gasteiger partial charge in [-0.3, -0.25) is 4.90 Å². The normalized spacial score (nSPS) is 24.4. The summed E-state index contributed by atoms with van der Waals surface area (Å²) in [5.74, 6) is 0.823. The molecule has 1 aliphatic rings. The Morgan fingerprint density at radius 2 is 2.21 bits per heavy atom. The van der Waals surface area contributed by atoms with Crippen LogP contribution in [0.3, 0.4) is 0 Å². The molecule has 0 aromatic rings. The standard InChI is InChI=1S/C12H26N2/c1-4-5-7-14-8-6-13-10-12(14)9-11(2)3/h11-13H,4-10H2,1-3H3. The van der Waals surface area contributed by atoms with Gasteiger partial charge < -0.3 is 5.32 Å². The molecule has 2 nitrogen and oxygen atoms in total. The van der Waals surface area contributed by atoms with Crippen LogP contribution in [0.25, 0.3) is 0 Å². The lowest BCUT2D eigenvalue weighted by Gasteiger charge is -2.37. The molecular formula is C12H26N2. The van der Waals surface area contributed by atoms with Crippen molar-refractivity contribution in [3.8, 4) is 0 Å². The second kappa shape index (κ2) is 6.41. The Labute approximate surface area is 89.1 Å². The van der Waals surface area contributed by atoms with Crippen LogP contribution in [0, 0.1) is 5.92 Å². The van der Waals surface area contributed by atoms with Gasteiger partial charge in [0.15, 0.2) is 0 Å². The predicted octanol–water partition coefficient (Wildman–Crippen LogP) is 2.11. The second-order valence-corrected chi connectivity index (χ2v) is 4.88. The number of piperazine rings is 1. The lowest BCUT2D eigenvalue weighted by molar-refractivity contribution is 0.140. The fraction of sp³-hybridized carbons (Fsp3) is 1.00. The van der Waals surface area contributed by atoms with Crippen molar-refractivity contribution in [1.29, 1.82) is 0 Å². The fourth-order valence-corrected chi connectivity index (χ4v) is 2.24. The lowest BCUT2D eigenvalue weighted by atomic mass is 10.0. The average Bonchev–Trinajstić information content (AvgIpc) is 2.16. The SMILES string of the molecule is CCCCN1CCNCC1CC(C)C. The minimum absolute atomic E-state index is 0.787. The van der Waals surface area contributed by atoms with Crippen LogP contribution in [0.15, 0.2) is 0 Å². The zero-order valence-electron chi connectivity index (χ0n) is 10.1. The van der Waals surface area contributed by atoms with Crippen LogP contribution in [0.4, 0.5) is 0 Å². The third-order valence-electron chi connectivity index (χ3n) is 3.01. The first-order valence-corrected chi connectivity index (χ1v) is 6.18. The predicted molar refractivity (Wildman–Crippen MR) is 62.6 cm³/mol. The highest BCUT2D eigenvalue weighted by Gasteiger charge is 2.21. The summed E-state index contributed by atoms with van der Waals surface area (Å²) in [5.41, 5.74) is 0.